The van der Waals surface area contributed by atoms with Crippen LogP contribution in [0.4, 0.5) is 5.69 Å². The van der Waals surface area contributed by atoms with Crippen molar-refractivity contribution in [3.8, 4) is 11.5 Å². The fourth-order valence-electron chi connectivity index (χ4n) is 1.64. The largest absolute Gasteiger partial charge is 0.506 e. The molecule has 0 aliphatic carbocycles. The highest BCUT2D eigenvalue weighted by Crippen LogP contribution is 2.35. The molecule has 0 radical (unpaired) electrons. The second-order valence-corrected chi connectivity index (χ2v) is 7.09. The van der Waals surface area contributed by atoms with E-state index in [0.717, 1.165) is 0 Å². The van der Waals surface area contributed by atoms with Gasteiger partial charge in [-0.3, -0.25) is 10.1 Å². The average Bonchev–Trinajstić information content (AvgIpc) is 2.52. The van der Waals surface area contributed by atoms with Crippen LogP contribution in [0.2, 0.25) is 5.02 Å². The van der Waals surface area contributed by atoms with Crippen LogP contribution in [0.15, 0.2) is 45.3 Å². The second-order valence-electron chi connectivity index (χ2n) is 4.53. The number of halogens is 3. The van der Waals surface area contributed by atoms with Gasteiger partial charge in [-0.2, -0.15) is 0 Å². The number of thiocarbonyl (C=S) groups is 1. The van der Waals surface area contributed by atoms with Gasteiger partial charge in [-0.1, -0.05) is 11.6 Å². The van der Waals surface area contributed by atoms with Crippen molar-refractivity contribution in [1.82, 2.24) is 5.32 Å². The zero-order valence-corrected chi connectivity index (χ0v) is 16.7. The molecule has 5 nitrogen and oxygen atoms in total. The molecule has 0 aliphatic heterocycles. The molecule has 0 saturated carbocycles. The lowest BCUT2D eigenvalue weighted by molar-refractivity contribution is -0.121. The molecule has 9 heteroatoms. The van der Waals surface area contributed by atoms with Gasteiger partial charge >= 0.3 is 0 Å². The van der Waals surface area contributed by atoms with E-state index >= 15 is 0 Å². The number of carbonyl (C=O) groups is 1. The van der Waals surface area contributed by atoms with Crippen LogP contribution in [0.5, 0.6) is 11.5 Å². The Bertz CT molecular complexity index is 749. The highest BCUT2D eigenvalue weighted by Gasteiger charge is 2.09. The predicted octanol–water partition coefficient (Wildman–Crippen LogP) is 4.46. The van der Waals surface area contributed by atoms with Gasteiger partial charge in [0.15, 0.2) is 11.7 Å². The van der Waals surface area contributed by atoms with Crippen LogP contribution in [0.3, 0.4) is 0 Å². The first kappa shape index (κ1) is 19.0. The highest BCUT2D eigenvalue weighted by molar-refractivity contribution is 9.11. The number of benzene rings is 2. The molecule has 0 aliphatic rings. The smallest absolute Gasteiger partial charge is 0.264 e. The van der Waals surface area contributed by atoms with Crippen molar-refractivity contribution in [1.29, 1.82) is 0 Å². The van der Waals surface area contributed by atoms with E-state index in [9.17, 15) is 9.90 Å². The van der Waals surface area contributed by atoms with E-state index in [0.29, 0.717) is 25.4 Å². The number of anilines is 1. The summed E-state index contributed by atoms with van der Waals surface area (Å²) in [6.45, 7) is -0.188. The zero-order valence-electron chi connectivity index (χ0n) is 12.0. The number of nitrogens with one attached hydrogen (secondary N) is 2. The normalized spacial score (nSPS) is 10.1. The molecule has 2 aromatic carbocycles. The molecule has 24 heavy (non-hydrogen) atoms. The number of amides is 1. The fourth-order valence-corrected chi connectivity index (χ4v) is 3.19. The lowest BCUT2D eigenvalue weighted by Gasteiger charge is -2.12. The monoisotopic (exact) mass is 492 g/mol. The van der Waals surface area contributed by atoms with Gasteiger partial charge in [-0.05, 0) is 80.5 Å². The summed E-state index contributed by atoms with van der Waals surface area (Å²) in [5.41, 5.74) is 0.593. The van der Waals surface area contributed by atoms with Crippen molar-refractivity contribution < 1.29 is 14.6 Å². The minimum absolute atomic E-state index is 0.0758. The number of phenols is 1. The number of hydrogen-bond donors (Lipinski definition) is 3. The first-order valence-electron chi connectivity index (χ1n) is 6.52. The first-order valence-corrected chi connectivity index (χ1v) is 8.89. The van der Waals surface area contributed by atoms with Gasteiger partial charge in [0.25, 0.3) is 5.91 Å². The molecule has 0 saturated heterocycles. The molecule has 126 valence electrons. The predicted molar refractivity (Wildman–Crippen MR) is 105 cm³/mol. The van der Waals surface area contributed by atoms with E-state index in [1.54, 1.807) is 36.4 Å². The van der Waals surface area contributed by atoms with Crippen molar-refractivity contribution >= 4 is 72.4 Å². The molecular weight excluding hydrogens is 484 g/mol. The summed E-state index contributed by atoms with van der Waals surface area (Å²) in [4.78, 5) is 11.8. The van der Waals surface area contributed by atoms with Crippen LogP contribution in [0, 0.1) is 0 Å². The van der Waals surface area contributed by atoms with Gasteiger partial charge in [0.05, 0.1) is 8.95 Å². The third-order valence-corrected chi connectivity index (χ3v) is 4.38. The van der Waals surface area contributed by atoms with Gasteiger partial charge in [0.2, 0.25) is 0 Å². The number of hydrogen-bond acceptors (Lipinski definition) is 4. The Morgan fingerprint density at radius 3 is 2.38 bits per heavy atom. The quantitative estimate of drug-likeness (QED) is 0.433. The van der Waals surface area contributed by atoms with Crippen molar-refractivity contribution in [2.24, 2.45) is 0 Å². The Kier molecular flexibility index (Phi) is 6.85. The molecule has 0 aromatic heterocycles. The molecule has 0 fully saturated rings. The molecule has 3 N–H and O–H groups in total. The first-order chi connectivity index (χ1) is 11.3. The third-order valence-electron chi connectivity index (χ3n) is 2.71. The van der Waals surface area contributed by atoms with Crippen LogP contribution in [0.1, 0.15) is 0 Å². The number of rotatable bonds is 4. The second kappa shape index (κ2) is 8.66. The number of ether oxygens (including phenoxy) is 1. The maximum atomic E-state index is 11.8. The molecular formula is C15H11Br2ClN2O3S. The Hall–Kier alpha value is -1.35. The number of phenolic OH excluding ortho intramolecular Hbond substituents is 1. The van der Waals surface area contributed by atoms with Crippen molar-refractivity contribution in [2.45, 2.75) is 0 Å². The summed E-state index contributed by atoms with van der Waals surface area (Å²) in [5, 5.41) is 15.7. The van der Waals surface area contributed by atoms with E-state index in [1.807, 2.05) is 0 Å². The minimum Gasteiger partial charge on any atom is -0.506 e. The molecule has 0 spiro atoms. The topological polar surface area (TPSA) is 70.6 Å². The van der Waals surface area contributed by atoms with Crippen LogP contribution in [-0.2, 0) is 4.79 Å². The van der Waals surface area contributed by atoms with Crippen LogP contribution >= 0.6 is 55.7 Å². The van der Waals surface area contributed by atoms with E-state index in [1.165, 1.54) is 0 Å². The molecule has 1 amide bonds. The third kappa shape index (κ3) is 5.62. The maximum absolute atomic E-state index is 11.8. The van der Waals surface area contributed by atoms with E-state index in [2.05, 4.69) is 42.5 Å². The standard InChI is InChI=1S/C15H11Br2ClN2O3S/c16-11-5-9(6-12(17)14(11)22)19-15(24)20-13(21)7-23-10-3-1-8(18)2-4-10/h1-6,22H,7H2,(H2,19,20,21,24). The van der Waals surface area contributed by atoms with Crippen LogP contribution in [-0.4, -0.2) is 22.7 Å². The van der Waals surface area contributed by atoms with E-state index < -0.39 is 5.91 Å². The fraction of sp³-hybridized carbons (Fsp3) is 0.0667. The number of carbonyl (C=O) groups excluding carboxylic acids is 1. The Morgan fingerprint density at radius 1 is 1.21 bits per heavy atom. The van der Waals surface area contributed by atoms with Gasteiger partial charge in [0, 0.05) is 10.7 Å². The summed E-state index contributed by atoms with van der Waals surface area (Å²) in [6, 6.07) is 9.92. The van der Waals surface area contributed by atoms with Crippen LogP contribution < -0.4 is 15.4 Å². The Balaban J connectivity index is 1.85. The Labute approximate surface area is 165 Å². The minimum atomic E-state index is -0.403. The molecule has 0 atom stereocenters. The molecule has 2 rings (SSSR count). The molecule has 0 bridgehead atoms. The van der Waals surface area contributed by atoms with E-state index in [-0.39, 0.29) is 17.5 Å². The molecule has 0 unspecified atom stereocenters. The van der Waals surface area contributed by atoms with E-state index in [4.69, 9.17) is 28.6 Å². The summed E-state index contributed by atoms with van der Waals surface area (Å²) >= 11 is 17.3. The zero-order chi connectivity index (χ0) is 17.7. The summed E-state index contributed by atoms with van der Waals surface area (Å²) in [7, 11) is 0. The van der Waals surface area contributed by atoms with Gasteiger partial charge in [0.1, 0.15) is 11.5 Å². The van der Waals surface area contributed by atoms with Gasteiger partial charge in [-0.25, -0.2) is 0 Å². The lowest BCUT2D eigenvalue weighted by atomic mass is 10.3. The molecule has 2 aromatic rings. The van der Waals surface area contributed by atoms with Crippen molar-refractivity contribution in [3.05, 3.63) is 50.4 Å². The summed E-state index contributed by atoms with van der Waals surface area (Å²) < 4.78 is 6.29. The maximum Gasteiger partial charge on any atom is 0.264 e. The van der Waals surface area contributed by atoms with Crippen LogP contribution in [0.25, 0.3) is 0 Å². The lowest BCUT2D eigenvalue weighted by Crippen LogP contribution is -2.37. The van der Waals surface area contributed by atoms with Crippen molar-refractivity contribution in [3.63, 3.8) is 0 Å². The van der Waals surface area contributed by atoms with Crippen molar-refractivity contribution in [2.75, 3.05) is 11.9 Å². The number of aromatic hydroxyl groups is 1. The van der Waals surface area contributed by atoms with Gasteiger partial charge < -0.3 is 15.2 Å². The summed E-state index contributed by atoms with van der Waals surface area (Å²) in [5.74, 6) is 0.200. The van der Waals surface area contributed by atoms with Gasteiger partial charge in [-0.15, -0.1) is 0 Å². The Morgan fingerprint density at radius 2 is 1.79 bits per heavy atom. The average molecular weight is 495 g/mol. The highest BCUT2D eigenvalue weighted by atomic mass is 79.9. The summed E-state index contributed by atoms with van der Waals surface area (Å²) in [6.07, 6.45) is 0. The molecule has 0 heterocycles. The SMILES string of the molecule is O=C(COc1ccc(Cl)cc1)NC(=S)Nc1cc(Br)c(O)c(Br)c1.